The first-order chi connectivity index (χ1) is 13.6. The number of fused-ring (bicyclic) bond motifs is 1. The van der Waals surface area contributed by atoms with E-state index in [1.807, 2.05) is 0 Å². The van der Waals surface area contributed by atoms with Gasteiger partial charge in [-0.1, -0.05) is 13.3 Å². The summed E-state index contributed by atoms with van der Waals surface area (Å²) in [7, 11) is -1.19. The Kier molecular flexibility index (Phi) is 6.83. The molecule has 0 aliphatic carbocycles. The zero-order chi connectivity index (χ0) is 19.9. The van der Waals surface area contributed by atoms with E-state index in [2.05, 4.69) is 16.9 Å². The quantitative estimate of drug-likeness (QED) is 0.398. The topological polar surface area (TPSA) is 100 Å². The number of esters is 1. The van der Waals surface area contributed by atoms with Crippen molar-refractivity contribution >= 4 is 18.6 Å². The van der Waals surface area contributed by atoms with Gasteiger partial charge in [0.2, 0.25) is 5.88 Å². The molecule has 3 rings (SSSR count). The van der Waals surface area contributed by atoms with Crippen LogP contribution >= 0.6 is 0 Å². The molecule has 1 aromatic heterocycles. The third-order valence-electron chi connectivity index (χ3n) is 4.20. The van der Waals surface area contributed by atoms with E-state index in [0.717, 1.165) is 12.8 Å². The minimum atomic E-state index is -1.19. The Morgan fingerprint density at radius 3 is 2.89 bits per heavy atom. The summed E-state index contributed by atoms with van der Waals surface area (Å²) in [5, 5.41) is 10.4. The summed E-state index contributed by atoms with van der Waals surface area (Å²) in [5.41, 5.74) is 1.14. The second-order valence-electron chi connectivity index (χ2n) is 6.26. The molecule has 148 valence electrons. The average Bonchev–Trinajstić information content (AvgIpc) is 2.98. The van der Waals surface area contributed by atoms with Gasteiger partial charge in [0.05, 0.1) is 31.9 Å². The molecule has 1 aliphatic heterocycles. The van der Waals surface area contributed by atoms with E-state index in [4.69, 9.17) is 18.9 Å². The van der Waals surface area contributed by atoms with Crippen molar-refractivity contribution in [2.24, 2.45) is 0 Å². The van der Waals surface area contributed by atoms with Gasteiger partial charge in [0.15, 0.2) is 0 Å². The van der Waals surface area contributed by atoms with Crippen molar-refractivity contribution in [1.82, 2.24) is 9.97 Å². The van der Waals surface area contributed by atoms with Crippen molar-refractivity contribution < 1.29 is 28.7 Å². The summed E-state index contributed by atoms with van der Waals surface area (Å²) < 4.78 is 22.3. The maximum Gasteiger partial charge on any atom is 0.492 e. The van der Waals surface area contributed by atoms with Crippen LogP contribution in [0.3, 0.4) is 0 Å². The van der Waals surface area contributed by atoms with Crippen LogP contribution < -0.4 is 14.9 Å². The van der Waals surface area contributed by atoms with Crippen LogP contribution in [0.1, 0.15) is 44.8 Å². The third-order valence-corrected chi connectivity index (χ3v) is 4.20. The molecule has 1 aromatic carbocycles. The minimum Gasteiger partial charge on any atom is -0.493 e. The maximum absolute atomic E-state index is 11.9. The predicted octanol–water partition coefficient (Wildman–Crippen LogP) is 2.16. The fourth-order valence-corrected chi connectivity index (χ4v) is 2.95. The molecule has 2 aromatic rings. The summed E-state index contributed by atoms with van der Waals surface area (Å²) in [6, 6.07) is 3.37. The van der Waals surface area contributed by atoms with Crippen molar-refractivity contribution in [2.75, 3.05) is 13.2 Å². The molecule has 0 saturated heterocycles. The molecule has 2 heterocycles. The SMILES string of the molecule is CCCCOc1cc(Oc2cnccn2)cc2c1C(CC(=O)OCC)OB2O. The first-order valence-electron chi connectivity index (χ1n) is 9.36. The molecule has 1 unspecified atom stereocenters. The summed E-state index contributed by atoms with van der Waals surface area (Å²) in [5.74, 6) is 0.867. The Hall–Kier alpha value is -2.65. The highest BCUT2D eigenvalue weighted by atomic mass is 16.6. The molecule has 0 fully saturated rings. The van der Waals surface area contributed by atoms with Crippen molar-refractivity contribution in [2.45, 2.75) is 39.2 Å². The summed E-state index contributed by atoms with van der Waals surface area (Å²) in [4.78, 5) is 20.0. The molecule has 1 atom stereocenters. The van der Waals surface area contributed by atoms with E-state index >= 15 is 0 Å². The molecule has 0 amide bonds. The smallest absolute Gasteiger partial charge is 0.492 e. The molecule has 0 radical (unpaired) electrons. The van der Waals surface area contributed by atoms with Gasteiger partial charge in [-0.3, -0.25) is 9.78 Å². The normalized spacial score (nSPS) is 15.2. The highest BCUT2D eigenvalue weighted by Gasteiger charge is 2.39. The van der Waals surface area contributed by atoms with Crippen molar-refractivity contribution in [3.63, 3.8) is 0 Å². The van der Waals surface area contributed by atoms with Crippen LogP contribution in [0.4, 0.5) is 0 Å². The number of hydrogen-bond donors (Lipinski definition) is 1. The number of benzene rings is 1. The molecular formula is C19H23BN2O6. The molecule has 0 saturated carbocycles. The van der Waals surface area contributed by atoms with E-state index in [1.165, 1.54) is 12.4 Å². The van der Waals surface area contributed by atoms with Crippen LogP contribution in [0.25, 0.3) is 0 Å². The number of ether oxygens (including phenoxy) is 3. The van der Waals surface area contributed by atoms with E-state index in [9.17, 15) is 9.82 Å². The molecule has 1 N–H and O–H groups in total. The Balaban J connectivity index is 1.91. The van der Waals surface area contributed by atoms with Crippen molar-refractivity contribution in [3.05, 3.63) is 36.3 Å². The van der Waals surface area contributed by atoms with E-state index < -0.39 is 19.2 Å². The first kappa shape index (κ1) is 20.1. The number of nitrogens with zero attached hydrogens (tertiary/aromatic N) is 2. The number of rotatable bonds is 9. The Morgan fingerprint density at radius 1 is 1.32 bits per heavy atom. The molecule has 0 spiro atoms. The Labute approximate surface area is 164 Å². The van der Waals surface area contributed by atoms with Crippen molar-refractivity contribution in [3.8, 4) is 17.4 Å². The lowest BCUT2D eigenvalue weighted by atomic mass is 9.78. The molecular weight excluding hydrogens is 363 g/mol. The zero-order valence-electron chi connectivity index (χ0n) is 16.0. The van der Waals surface area contributed by atoms with E-state index in [0.29, 0.717) is 35.0 Å². The Bertz CT molecular complexity index is 805. The molecule has 1 aliphatic rings. The van der Waals surface area contributed by atoms with Crippen LogP contribution in [-0.2, 0) is 14.2 Å². The fourth-order valence-electron chi connectivity index (χ4n) is 2.95. The number of hydrogen-bond acceptors (Lipinski definition) is 8. The molecule has 8 nitrogen and oxygen atoms in total. The van der Waals surface area contributed by atoms with Crippen LogP contribution in [-0.4, -0.2) is 41.3 Å². The monoisotopic (exact) mass is 386 g/mol. The van der Waals surface area contributed by atoms with E-state index in [1.54, 1.807) is 25.3 Å². The van der Waals surface area contributed by atoms with Gasteiger partial charge in [0, 0.05) is 24.0 Å². The van der Waals surface area contributed by atoms with Crippen LogP contribution in [0.2, 0.25) is 0 Å². The average molecular weight is 386 g/mol. The van der Waals surface area contributed by atoms with Gasteiger partial charge in [-0.2, -0.15) is 0 Å². The van der Waals surface area contributed by atoms with Gasteiger partial charge in [-0.05, 0) is 24.9 Å². The van der Waals surface area contributed by atoms with Gasteiger partial charge < -0.3 is 23.9 Å². The van der Waals surface area contributed by atoms with Crippen LogP contribution in [0.15, 0.2) is 30.7 Å². The summed E-state index contributed by atoms with van der Waals surface area (Å²) in [6.45, 7) is 4.59. The lowest BCUT2D eigenvalue weighted by molar-refractivity contribution is -0.145. The number of aromatic nitrogens is 2. The highest BCUT2D eigenvalue weighted by Crippen LogP contribution is 2.37. The summed E-state index contributed by atoms with van der Waals surface area (Å²) in [6.07, 6.45) is 5.75. The first-order valence-corrected chi connectivity index (χ1v) is 9.36. The second kappa shape index (κ2) is 9.52. The van der Waals surface area contributed by atoms with E-state index in [-0.39, 0.29) is 13.0 Å². The van der Waals surface area contributed by atoms with Crippen LogP contribution in [0.5, 0.6) is 17.4 Å². The van der Waals surface area contributed by atoms with Crippen molar-refractivity contribution in [1.29, 1.82) is 0 Å². The second-order valence-corrected chi connectivity index (χ2v) is 6.26. The third kappa shape index (κ3) is 4.79. The number of carbonyl (C=O) groups excluding carboxylic acids is 1. The largest absolute Gasteiger partial charge is 0.493 e. The molecule has 28 heavy (non-hydrogen) atoms. The number of unbranched alkanes of at least 4 members (excludes halogenated alkanes) is 1. The lowest BCUT2D eigenvalue weighted by Crippen LogP contribution is -2.28. The Morgan fingerprint density at radius 2 is 2.18 bits per heavy atom. The number of carbonyl (C=O) groups is 1. The highest BCUT2D eigenvalue weighted by molar-refractivity contribution is 6.62. The van der Waals surface area contributed by atoms with Gasteiger partial charge in [-0.15, -0.1) is 0 Å². The maximum atomic E-state index is 11.9. The van der Waals surface area contributed by atoms with Gasteiger partial charge >= 0.3 is 13.1 Å². The van der Waals surface area contributed by atoms with Crippen LogP contribution in [0, 0.1) is 0 Å². The van der Waals surface area contributed by atoms with Gasteiger partial charge in [-0.25, -0.2) is 4.98 Å². The molecule has 9 heteroatoms. The molecule has 0 bridgehead atoms. The standard InChI is InChI=1S/C19H23BN2O6/c1-3-5-8-26-15-10-13(27-17-12-21-6-7-22-17)9-14-19(15)16(28-20(14)24)11-18(23)25-4-2/h6-7,9-10,12,16,24H,3-5,8,11H2,1-2H3. The lowest BCUT2D eigenvalue weighted by Gasteiger charge is -2.17. The van der Waals surface area contributed by atoms with Gasteiger partial charge in [0.25, 0.3) is 0 Å². The fraction of sp³-hybridized carbons (Fsp3) is 0.421. The zero-order valence-corrected chi connectivity index (χ0v) is 16.0. The minimum absolute atomic E-state index is 0.00754. The predicted molar refractivity (Wildman–Crippen MR) is 102 cm³/mol. The summed E-state index contributed by atoms with van der Waals surface area (Å²) >= 11 is 0. The van der Waals surface area contributed by atoms with Gasteiger partial charge in [0.1, 0.15) is 11.5 Å².